The molecular weight excluding hydrogens is 230 g/mol. The first-order valence-corrected chi connectivity index (χ1v) is 6.96. The number of hydrogen-bond donors (Lipinski definition) is 1. The van der Waals surface area contributed by atoms with Crippen LogP contribution in [0.15, 0.2) is 0 Å². The number of hydrogen-bond acceptors (Lipinski definition) is 2. The van der Waals surface area contributed by atoms with Gasteiger partial charge < -0.3 is 10.0 Å². The number of aliphatic carboxylic acids is 1. The second kappa shape index (κ2) is 8.95. The van der Waals surface area contributed by atoms with E-state index in [4.69, 9.17) is 5.11 Å². The maximum Gasteiger partial charge on any atom is 0.305 e. The molecule has 0 spiro atoms. The first kappa shape index (κ1) is 16.9. The monoisotopic (exact) mass is 257 g/mol. The van der Waals surface area contributed by atoms with Gasteiger partial charge in [0, 0.05) is 18.5 Å². The Morgan fingerprint density at radius 1 is 1.22 bits per heavy atom. The largest absolute Gasteiger partial charge is 0.481 e. The summed E-state index contributed by atoms with van der Waals surface area (Å²) in [5.41, 5.74) is 0. The third-order valence-corrected chi connectivity index (χ3v) is 3.22. The molecule has 0 bridgehead atoms. The van der Waals surface area contributed by atoms with Gasteiger partial charge in [-0.15, -0.1) is 0 Å². The molecule has 0 saturated heterocycles. The molecule has 1 amide bonds. The van der Waals surface area contributed by atoms with Crippen LogP contribution in [-0.2, 0) is 9.59 Å². The van der Waals surface area contributed by atoms with Gasteiger partial charge in [0.1, 0.15) is 0 Å². The highest BCUT2D eigenvalue weighted by Crippen LogP contribution is 2.17. The molecule has 18 heavy (non-hydrogen) atoms. The molecule has 0 fully saturated rings. The summed E-state index contributed by atoms with van der Waals surface area (Å²) in [5.74, 6) is -0.696. The summed E-state index contributed by atoms with van der Waals surface area (Å²) in [4.78, 5) is 24.7. The number of carboxylic acid groups (broad SMARTS) is 1. The van der Waals surface area contributed by atoms with E-state index in [1.54, 1.807) is 4.90 Å². The van der Waals surface area contributed by atoms with Crippen molar-refractivity contribution < 1.29 is 14.7 Å². The van der Waals surface area contributed by atoms with Crippen molar-refractivity contribution in [3.8, 4) is 0 Å². The molecule has 4 heteroatoms. The second-order valence-corrected chi connectivity index (χ2v) is 5.02. The van der Waals surface area contributed by atoms with Gasteiger partial charge in [0.15, 0.2) is 0 Å². The molecule has 0 aliphatic carbocycles. The summed E-state index contributed by atoms with van der Waals surface area (Å²) in [7, 11) is 0. The number of nitrogens with zero attached hydrogens (tertiary/aromatic N) is 1. The van der Waals surface area contributed by atoms with E-state index >= 15 is 0 Å². The molecular formula is C14H27NO3. The molecule has 0 aliphatic rings. The van der Waals surface area contributed by atoms with Gasteiger partial charge in [0.2, 0.25) is 5.91 Å². The Morgan fingerprint density at radius 2 is 1.83 bits per heavy atom. The van der Waals surface area contributed by atoms with Crippen LogP contribution >= 0.6 is 0 Å². The zero-order valence-corrected chi connectivity index (χ0v) is 12.1. The van der Waals surface area contributed by atoms with E-state index < -0.39 is 5.97 Å². The number of amides is 1. The zero-order valence-electron chi connectivity index (χ0n) is 12.1. The van der Waals surface area contributed by atoms with E-state index in [1.807, 2.05) is 20.8 Å². The molecule has 0 radical (unpaired) electrons. The standard InChI is InChI=1S/C14H27NO3/c1-5-7-8-12(6-2)14(18)15(11(3)4)10-9-13(16)17/h11-12H,5-10H2,1-4H3,(H,16,17). The van der Waals surface area contributed by atoms with E-state index in [9.17, 15) is 9.59 Å². The van der Waals surface area contributed by atoms with Gasteiger partial charge in [-0.3, -0.25) is 9.59 Å². The highest BCUT2D eigenvalue weighted by atomic mass is 16.4. The number of carbonyl (C=O) groups is 2. The molecule has 1 N–H and O–H groups in total. The van der Waals surface area contributed by atoms with Crippen LogP contribution in [0.4, 0.5) is 0 Å². The van der Waals surface area contributed by atoms with Crippen molar-refractivity contribution in [3.63, 3.8) is 0 Å². The van der Waals surface area contributed by atoms with Crippen molar-refractivity contribution in [2.75, 3.05) is 6.54 Å². The van der Waals surface area contributed by atoms with Gasteiger partial charge >= 0.3 is 5.97 Å². The predicted molar refractivity (Wildman–Crippen MR) is 72.4 cm³/mol. The molecule has 0 aromatic heterocycles. The Kier molecular flexibility index (Phi) is 8.42. The van der Waals surface area contributed by atoms with E-state index in [1.165, 1.54) is 0 Å². The maximum atomic E-state index is 12.4. The molecule has 0 saturated carbocycles. The topological polar surface area (TPSA) is 57.6 Å². The van der Waals surface area contributed by atoms with Crippen molar-refractivity contribution in [2.24, 2.45) is 5.92 Å². The third-order valence-electron chi connectivity index (χ3n) is 3.22. The molecule has 106 valence electrons. The molecule has 1 atom stereocenters. The van der Waals surface area contributed by atoms with E-state index in [0.717, 1.165) is 25.7 Å². The minimum absolute atomic E-state index is 0.0220. The fourth-order valence-corrected chi connectivity index (χ4v) is 2.03. The summed E-state index contributed by atoms with van der Waals surface area (Å²) in [6, 6.07) is 0.0625. The van der Waals surface area contributed by atoms with Gasteiger partial charge in [0.05, 0.1) is 6.42 Å². The first-order chi connectivity index (χ1) is 8.43. The van der Waals surface area contributed by atoms with Crippen molar-refractivity contribution >= 4 is 11.9 Å². The minimum Gasteiger partial charge on any atom is -0.481 e. The summed E-state index contributed by atoms with van der Waals surface area (Å²) in [5, 5.41) is 8.73. The number of rotatable bonds is 9. The summed E-state index contributed by atoms with van der Waals surface area (Å²) in [6.45, 7) is 8.32. The van der Waals surface area contributed by atoms with Crippen LogP contribution in [0.3, 0.4) is 0 Å². The summed E-state index contributed by atoms with van der Waals surface area (Å²) < 4.78 is 0. The number of carbonyl (C=O) groups excluding carboxylic acids is 1. The van der Waals surface area contributed by atoms with Gasteiger partial charge in [-0.25, -0.2) is 0 Å². The smallest absolute Gasteiger partial charge is 0.305 e. The lowest BCUT2D eigenvalue weighted by Crippen LogP contribution is -2.42. The Morgan fingerprint density at radius 3 is 2.22 bits per heavy atom. The van der Waals surface area contributed by atoms with Crippen LogP contribution in [-0.4, -0.2) is 34.5 Å². The van der Waals surface area contributed by atoms with Crippen molar-refractivity contribution in [1.29, 1.82) is 0 Å². The van der Waals surface area contributed by atoms with Gasteiger partial charge in [-0.1, -0.05) is 26.7 Å². The first-order valence-electron chi connectivity index (χ1n) is 6.96. The van der Waals surface area contributed by atoms with E-state index in [-0.39, 0.29) is 24.3 Å². The Balaban J connectivity index is 4.55. The molecule has 0 aliphatic heterocycles. The van der Waals surface area contributed by atoms with Gasteiger partial charge in [-0.2, -0.15) is 0 Å². The normalized spacial score (nSPS) is 12.5. The van der Waals surface area contributed by atoms with Crippen molar-refractivity contribution in [2.45, 2.75) is 65.8 Å². The van der Waals surface area contributed by atoms with Crippen LogP contribution in [0.2, 0.25) is 0 Å². The maximum absolute atomic E-state index is 12.4. The van der Waals surface area contributed by atoms with Crippen LogP contribution in [0, 0.1) is 5.92 Å². The average Bonchev–Trinajstić information content (AvgIpc) is 2.29. The predicted octanol–water partition coefficient (Wildman–Crippen LogP) is 2.91. The lowest BCUT2D eigenvalue weighted by Gasteiger charge is -2.30. The fraction of sp³-hybridized carbons (Fsp3) is 0.857. The van der Waals surface area contributed by atoms with Crippen LogP contribution < -0.4 is 0 Å². The quantitative estimate of drug-likeness (QED) is 0.691. The Hall–Kier alpha value is -1.06. The van der Waals surface area contributed by atoms with E-state index in [2.05, 4.69) is 6.92 Å². The highest BCUT2D eigenvalue weighted by Gasteiger charge is 2.24. The summed E-state index contributed by atoms with van der Waals surface area (Å²) >= 11 is 0. The van der Waals surface area contributed by atoms with Crippen LogP contribution in [0.5, 0.6) is 0 Å². The Labute approximate surface area is 110 Å². The minimum atomic E-state index is -0.852. The van der Waals surface area contributed by atoms with Crippen molar-refractivity contribution in [3.05, 3.63) is 0 Å². The van der Waals surface area contributed by atoms with Gasteiger partial charge in [-0.05, 0) is 26.7 Å². The molecule has 0 heterocycles. The molecule has 4 nitrogen and oxygen atoms in total. The summed E-state index contributed by atoms with van der Waals surface area (Å²) in [6.07, 6.45) is 3.89. The van der Waals surface area contributed by atoms with Crippen LogP contribution in [0.1, 0.15) is 59.8 Å². The number of unbranched alkanes of at least 4 members (excludes halogenated alkanes) is 1. The lowest BCUT2D eigenvalue weighted by atomic mass is 9.97. The molecule has 0 aromatic carbocycles. The lowest BCUT2D eigenvalue weighted by molar-refractivity contribution is -0.141. The van der Waals surface area contributed by atoms with E-state index in [0.29, 0.717) is 6.54 Å². The van der Waals surface area contributed by atoms with Crippen molar-refractivity contribution in [1.82, 2.24) is 4.90 Å². The number of carboxylic acids is 1. The van der Waals surface area contributed by atoms with Crippen LogP contribution in [0.25, 0.3) is 0 Å². The molecule has 0 aromatic rings. The third kappa shape index (κ3) is 6.03. The average molecular weight is 257 g/mol. The Bertz CT molecular complexity index is 264. The highest BCUT2D eigenvalue weighted by molar-refractivity contribution is 5.79. The fourth-order valence-electron chi connectivity index (χ4n) is 2.03. The zero-order chi connectivity index (χ0) is 14.1. The SMILES string of the molecule is CCCCC(CC)C(=O)N(CCC(=O)O)C(C)C. The molecule has 1 unspecified atom stereocenters. The second-order valence-electron chi connectivity index (χ2n) is 5.02. The van der Waals surface area contributed by atoms with Gasteiger partial charge in [0.25, 0.3) is 0 Å². The molecule has 0 rings (SSSR count).